The largest absolute Gasteiger partial charge is 0.351 e. The highest BCUT2D eigenvalue weighted by Gasteiger charge is 2.33. The number of halogens is 1. The second kappa shape index (κ2) is 9.56. The minimum atomic E-state index is -0.748. The Balaban J connectivity index is 1.96. The van der Waals surface area contributed by atoms with Crippen LogP contribution in [0.1, 0.15) is 43.7 Å². The zero-order valence-corrected chi connectivity index (χ0v) is 16.1. The molecule has 0 bridgehead atoms. The van der Waals surface area contributed by atoms with Crippen molar-refractivity contribution in [2.45, 2.75) is 44.2 Å². The van der Waals surface area contributed by atoms with E-state index in [1.165, 1.54) is 11.3 Å². The molecular formula is C22H25ClN2O2. The van der Waals surface area contributed by atoms with E-state index in [0.717, 1.165) is 31.2 Å². The molecule has 1 aliphatic rings. The Morgan fingerprint density at radius 1 is 0.963 bits per heavy atom. The summed E-state index contributed by atoms with van der Waals surface area (Å²) < 4.78 is 0. The van der Waals surface area contributed by atoms with Gasteiger partial charge in [0.1, 0.15) is 11.9 Å². The highest BCUT2D eigenvalue weighted by atomic mass is 35.5. The number of para-hydroxylation sites is 1. The SMILES string of the molecule is O=C(NC1CCCCC1)C(c1ccccc1)N(C(=O)CCl)c1ccccc1. The van der Waals surface area contributed by atoms with Crippen LogP contribution in [0, 0.1) is 0 Å². The molecule has 1 atom stereocenters. The van der Waals surface area contributed by atoms with Crippen molar-refractivity contribution < 1.29 is 9.59 Å². The Hall–Kier alpha value is -2.33. The van der Waals surface area contributed by atoms with Gasteiger partial charge in [-0.1, -0.05) is 67.8 Å². The Labute approximate surface area is 165 Å². The lowest BCUT2D eigenvalue weighted by atomic mass is 9.94. The van der Waals surface area contributed by atoms with E-state index >= 15 is 0 Å². The van der Waals surface area contributed by atoms with Crippen molar-refractivity contribution in [2.24, 2.45) is 0 Å². The molecule has 3 rings (SSSR count). The summed E-state index contributed by atoms with van der Waals surface area (Å²) in [4.78, 5) is 27.6. The Morgan fingerprint density at radius 3 is 2.15 bits per heavy atom. The van der Waals surface area contributed by atoms with Gasteiger partial charge in [0.25, 0.3) is 0 Å². The molecule has 2 amide bonds. The predicted octanol–water partition coefficient (Wildman–Crippen LogP) is 4.45. The number of rotatable bonds is 6. The van der Waals surface area contributed by atoms with Gasteiger partial charge in [-0.3, -0.25) is 14.5 Å². The molecule has 142 valence electrons. The number of amides is 2. The van der Waals surface area contributed by atoms with Crippen molar-refractivity contribution in [3.63, 3.8) is 0 Å². The van der Waals surface area contributed by atoms with Crippen LogP contribution in [-0.4, -0.2) is 23.7 Å². The topological polar surface area (TPSA) is 49.4 Å². The molecule has 1 unspecified atom stereocenters. The van der Waals surface area contributed by atoms with Crippen LogP contribution >= 0.6 is 11.6 Å². The summed E-state index contributed by atoms with van der Waals surface area (Å²) in [5, 5.41) is 3.17. The van der Waals surface area contributed by atoms with Gasteiger partial charge >= 0.3 is 0 Å². The Bertz CT molecular complexity index is 745. The summed E-state index contributed by atoms with van der Waals surface area (Å²) in [5.74, 6) is -0.638. The quantitative estimate of drug-likeness (QED) is 0.748. The Morgan fingerprint density at radius 2 is 1.56 bits per heavy atom. The van der Waals surface area contributed by atoms with E-state index in [2.05, 4.69) is 5.32 Å². The van der Waals surface area contributed by atoms with Crippen LogP contribution in [0.3, 0.4) is 0 Å². The van der Waals surface area contributed by atoms with Gasteiger partial charge in [-0.2, -0.15) is 0 Å². The number of alkyl halides is 1. The maximum Gasteiger partial charge on any atom is 0.248 e. The number of nitrogens with one attached hydrogen (secondary N) is 1. The zero-order chi connectivity index (χ0) is 19.1. The van der Waals surface area contributed by atoms with Gasteiger partial charge in [-0.25, -0.2) is 0 Å². The Kier molecular flexibility index (Phi) is 6.88. The first-order valence-corrected chi connectivity index (χ1v) is 10.0. The van der Waals surface area contributed by atoms with Crippen molar-refractivity contribution in [3.05, 3.63) is 66.2 Å². The van der Waals surface area contributed by atoms with E-state index in [9.17, 15) is 9.59 Å². The minimum absolute atomic E-state index is 0.157. The number of benzene rings is 2. The molecule has 2 aromatic carbocycles. The maximum absolute atomic E-state index is 13.3. The molecule has 0 saturated heterocycles. The van der Waals surface area contributed by atoms with Crippen LogP contribution in [0.15, 0.2) is 60.7 Å². The lowest BCUT2D eigenvalue weighted by molar-refractivity contribution is -0.126. The van der Waals surface area contributed by atoms with Gasteiger partial charge in [0, 0.05) is 11.7 Å². The number of carbonyl (C=O) groups excluding carboxylic acids is 2. The highest BCUT2D eigenvalue weighted by molar-refractivity contribution is 6.29. The third kappa shape index (κ3) is 4.89. The number of anilines is 1. The van der Waals surface area contributed by atoms with E-state index in [4.69, 9.17) is 11.6 Å². The molecule has 0 radical (unpaired) electrons. The van der Waals surface area contributed by atoms with Crippen LogP contribution in [0.2, 0.25) is 0 Å². The van der Waals surface area contributed by atoms with Gasteiger partial charge in [-0.05, 0) is 30.5 Å². The van der Waals surface area contributed by atoms with Crippen molar-refractivity contribution in [3.8, 4) is 0 Å². The lowest BCUT2D eigenvalue weighted by Gasteiger charge is -2.33. The van der Waals surface area contributed by atoms with Gasteiger partial charge in [0.2, 0.25) is 11.8 Å². The van der Waals surface area contributed by atoms with Crippen molar-refractivity contribution in [1.29, 1.82) is 0 Å². The summed E-state index contributed by atoms with van der Waals surface area (Å²) in [5.41, 5.74) is 1.43. The first-order valence-electron chi connectivity index (χ1n) is 9.49. The van der Waals surface area contributed by atoms with Crippen LogP contribution in [0.25, 0.3) is 0 Å². The monoisotopic (exact) mass is 384 g/mol. The number of hydrogen-bond donors (Lipinski definition) is 1. The van der Waals surface area contributed by atoms with Gasteiger partial charge in [0.15, 0.2) is 0 Å². The third-order valence-corrected chi connectivity index (χ3v) is 5.22. The van der Waals surface area contributed by atoms with E-state index in [1.807, 2.05) is 60.7 Å². The molecule has 1 N–H and O–H groups in total. The number of hydrogen-bond acceptors (Lipinski definition) is 2. The van der Waals surface area contributed by atoms with Crippen molar-refractivity contribution >= 4 is 29.1 Å². The van der Waals surface area contributed by atoms with Crippen LogP contribution in [-0.2, 0) is 9.59 Å². The summed E-state index contributed by atoms with van der Waals surface area (Å²) >= 11 is 5.90. The number of nitrogens with zero attached hydrogens (tertiary/aromatic N) is 1. The van der Waals surface area contributed by atoms with E-state index in [-0.39, 0.29) is 23.7 Å². The molecular weight excluding hydrogens is 360 g/mol. The molecule has 5 heteroatoms. The first-order chi connectivity index (χ1) is 13.2. The summed E-state index contributed by atoms with van der Waals surface area (Å²) in [7, 11) is 0. The predicted molar refractivity (Wildman–Crippen MR) is 109 cm³/mol. The van der Waals surface area contributed by atoms with E-state index < -0.39 is 6.04 Å². The van der Waals surface area contributed by atoms with Crippen molar-refractivity contribution in [2.75, 3.05) is 10.8 Å². The molecule has 0 heterocycles. The molecule has 27 heavy (non-hydrogen) atoms. The third-order valence-electron chi connectivity index (χ3n) is 4.99. The van der Waals surface area contributed by atoms with E-state index in [0.29, 0.717) is 5.69 Å². The lowest BCUT2D eigenvalue weighted by Crippen LogP contribution is -2.47. The van der Waals surface area contributed by atoms with Gasteiger partial charge in [-0.15, -0.1) is 11.6 Å². The van der Waals surface area contributed by atoms with Crippen molar-refractivity contribution in [1.82, 2.24) is 5.32 Å². The molecule has 1 aliphatic carbocycles. The summed E-state index contributed by atoms with van der Waals surface area (Å²) in [6, 6.07) is 18.1. The second-order valence-electron chi connectivity index (χ2n) is 6.89. The molecule has 0 aromatic heterocycles. The molecule has 0 aliphatic heterocycles. The van der Waals surface area contributed by atoms with Crippen LogP contribution in [0.4, 0.5) is 5.69 Å². The smallest absolute Gasteiger partial charge is 0.248 e. The standard InChI is InChI=1S/C22H25ClN2O2/c23-16-20(26)25(19-14-8-3-9-15-19)21(17-10-4-1-5-11-17)22(27)24-18-12-6-2-7-13-18/h1,3-5,8-11,14-15,18,21H,2,6-7,12-13,16H2,(H,24,27). The minimum Gasteiger partial charge on any atom is -0.351 e. The fourth-order valence-electron chi connectivity index (χ4n) is 3.67. The molecule has 1 saturated carbocycles. The second-order valence-corrected chi connectivity index (χ2v) is 7.16. The average Bonchev–Trinajstić information content (AvgIpc) is 2.73. The molecule has 2 aromatic rings. The molecule has 1 fully saturated rings. The van der Waals surface area contributed by atoms with Crippen LogP contribution < -0.4 is 10.2 Å². The van der Waals surface area contributed by atoms with Gasteiger partial charge < -0.3 is 5.32 Å². The fraction of sp³-hybridized carbons (Fsp3) is 0.364. The summed E-state index contributed by atoms with van der Waals surface area (Å²) in [6.45, 7) is 0. The zero-order valence-electron chi connectivity index (χ0n) is 15.3. The van der Waals surface area contributed by atoms with Crippen LogP contribution in [0.5, 0.6) is 0 Å². The van der Waals surface area contributed by atoms with Gasteiger partial charge in [0.05, 0.1) is 0 Å². The maximum atomic E-state index is 13.3. The fourth-order valence-corrected chi connectivity index (χ4v) is 3.80. The number of carbonyl (C=O) groups is 2. The first kappa shape index (κ1) is 19.4. The summed E-state index contributed by atoms with van der Waals surface area (Å²) in [6.07, 6.45) is 5.45. The highest BCUT2D eigenvalue weighted by Crippen LogP contribution is 2.29. The normalized spacial score (nSPS) is 15.7. The average molecular weight is 385 g/mol. The van der Waals surface area contributed by atoms with E-state index in [1.54, 1.807) is 0 Å². The molecule has 4 nitrogen and oxygen atoms in total. The molecule has 0 spiro atoms.